The highest BCUT2D eigenvalue weighted by Gasteiger charge is 2.28. The SMILES string of the molecule is C=C(C)C[C@@H](c1c(F)ccc(Cl)c1F)N1CCNCC1.Cl.Cl. The first-order valence-corrected chi connectivity index (χ1v) is 7.11. The third kappa shape index (κ3) is 5.07. The maximum Gasteiger partial charge on any atom is 0.149 e. The van der Waals surface area contributed by atoms with Gasteiger partial charge in [-0.05, 0) is 25.5 Å². The average Bonchev–Trinajstić information content (AvgIpc) is 2.43. The Labute approximate surface area is 147 Å². The van der Waals surface area contributed by atoms with E-state index in [1.807, 2.05) is 6.92 Å². The zero-order valence-electron chi connectivity index (χ0n) is 12.4. The largest absolute Gasteiger partial charge is 0.314 e. The Morgan fingerprint density at radius 1 is 1.32 bits per heavy atom. The van der Waals surface area contributed by atoms with Gasteiger partial charge in [-0.2, -0.15) is 0 Å². The van der Waals surface area contributed by atoms with E-state index < -0.39 is 11.6 Å². The molecule has 7 heteroatoms. The molecule has 1 aliphatic rings. The van der Waals surface area contributed by atoms with Crippen molar-refractivity contribution in [3.8, 4) is 0 Å². The Balaban J connectivity index is 0.00000220. The zero-order chi connectivity index (χ0) is 14.7. The van der Waals surface area contributed by atoms with E-state index >= 15 is 0 Å². The maximum absolute atomic E-state index is 14.3. The van der Waals surface area contributed by atoms with Gasteiger partial charge in [-0.3, -0.25) is 4.90 Å². The zero-order valence-corrected chi connectivity index (χ0v) is 14.8. The van der Waals surface area contributed by atoms with Crippen molar-refractivity contribution in [3.05, 3.63) is 46.5 Å². The third-order valence-corrected chi connectivity index (χ3v) is 3.84. The van der Waals surface area contributed by atoms with Crippen molar-refractivity contribution >= 4 is 36.4 Å². The second-order valence-electron chi connectivity index (χ2n) is 5.22. The molecule has 1 N–H and O–H groups in total. The number of hydrogen-bond acceptors (Lipinski definition) is 2. The molecule has 0 spiro atoms. The van der Waals surface area contributed by atoms with Gasteiger partial charge >= 0.3 is 0 Å². The molecule has 1 saturated heterocycles. The van der Waals surface area contributed by atoms with E-state index in [0.717, 1.165) is 31.8 Å². The third-order valence-electron chi connectivity index (χ3n) is 3.55. The summed E-state index contributed by atoms with van der Waals surface area (Å²) in [6, 6.07) is 2.13. The van der Waals surface area contributed by atoms with Crippen molar-refractivity contribution in [2.45, 2.75) is 19.4 Å². The molecule has 0 amide bonds. The highest BCUT2D eigenvalue weighted by Crippen LogP contribution is 2.34. The van der Waals surface area contributed by atoms with Gasteiger partial charge in [-0.15, -0.1) is 31.4 Å². The summed E-state index contributed by atoms with van der Waals surface area (Å²) in [5.41, 5.74) is 0.953. The van der Waals surface area contributed by atoms with Crippen LogP contribution in [0.4, 0.5) is 8.78 Å². The molecule has 0 bridgehead atoms. The van der Waals surface area contributed by atoms with Crippen molar-refractivity contribution in [3.63, 3.8) is 0 Å². The normalized spacial score (nSPS) is 16.4. The topological polar surface area (TPSA) is 15.3 Å². The molecule has 126 valence electrons. The molecule has 1 heterocycles. The molecule has 2 rings (SSSR count). The van der Waals surface area contributed by atoms with Gasteiger partial charge in [0, 0.05) is 37.8 Å². The summed E-state index contributed by atoms with van der Waals surface area (Å²) in [6.45, 7) is 8.89. The lowest BCUT2D eigenvalue weighted by Gasteiger charge is -2.35. The van der Waals surface area contributed by atoms with Crippen molar-refractivity contribution in [1.82, 2.24) is 10.2 Å². The summed E-state index contributed by atoms with van der Waals surface area (Å²) < 4.78 is 28.4. The van der Waals surface area contributed by atoms with Crippen LogP contribution < -0.4 is 5.32 Å². The second-order valence-corrected chi connectivity index (χ2v) is 5.63. The average molecular weight is 374 g/mol. The number of rotatable bonds is 4. The van der Waals surface area contributed by atoms with Crippen molar-refractivity contribution < 1.29 is 8.78 Å². The van der Waals surface area contributed by atoms with E-state index in [4.69, 9.17) is 11.6 Å². The first-order valence-electron chi connectivity index (χ1n) is 6.73. The quantitative estimate of drug-likeness (QED) is 0.622. The van der Waals surface area contributed by atoms with Crippen LogP contribution in [0, 0.1) is 11.6 Å². The maximum atomic E-state index is 14.3. The van der Waals surface area contributed by atoms with Gasteiger partial charge in [0.25, 0.3) is 0 Å². The molecule has 1 atom stereocenters. The molecule has 0 saturated carbocycles. The number of halogens is 5. The van der Waals surface area contributed by atoms with Gasteiger partial charge in [0.2, 0.25) is 0 Å². The Kier molecular flexibility index (Phi) is 9.51. The lowest BCUT2D eigenvalue weighted by atomic mass is 9.97. The standard InChI is InChI=1S/C15H19ClF2N2.2ClH/c1-10(2)9-13(20-7-5-19-6-8-20)14-12(17)4-3-11(16)15(14)18;;/h3-4,13,19H,1,5-9H2,2H3;2*1H/t13-;;/m0../s1. The molecular formula is C15H21Cl3F2N2. The molecule has 0 radical (unpaired) electrons. The molecule has 2 nitrogen and oxygen atoms in total. The van der Waals surface area contributed by atoms with Crippen LogP contribution >= 0.6 is 36.4 Å². The summed E-state index contributed by atoms with van der Waals surface area (Å²) in [4.78, 5) is 2.09. The fourth-order valence-corrected chi connectivity index (χ4v) is 2.75. The summed E-state index contributed by atoms with van der Waals surface area (Å²) in [7, 11) is 0. The van der Waals surface area contributed by atoms with Crippen LogP contribution in [0.1, 0.15) is 24.9 Å². The molecule has 0 aromatic heterocycles. The number of nitrogens with zero attached hydrogens (tertiary/aromatic N) is 1. The van der Waals surface area contributed by atoms with Crippen LogP contribution in [0.15, 0.2) is 24.3 Å². The monoisotopic (exact) mass is 372 g/mol. The van der Waals surface area contributed by atoms with Crippen LogP contribution in [0.5, 0.6) is 0 Å². The number of piperazine rings is 1. The Morgan fingerprint density at radius 2 is 1.91 bits per heavy atom. The molecule has 1 aromatic rings. The first-order chi connectivity index (χ1) is 9.50. The highest BCUT2D eigenvalue weighted by molar-refractivity contribution is 6.30. The Bertz CT molecular complexity index is 506. The first kappa shape index (κ1) is 21.6. The predicted octanol–water partition coefficient (Wildman–Crippen LogP) is 4.37. The molecular weight excluding hydrogens is 353 g/mol. The minimum Gasteiger partial charge on any atom is -0.314 e. The molecule has 1 aliphatic heterocycles. The van der Waals surface area contributed by atoms with Gasteiger partial charge in [0.15, 0.2) is 0 Å². The smallest absolute Gasteiger partial charge is 0.149 e. The highest BCUT2D eigenvalue weighted by atomic mass is 35.5. The van der Waals surface area contributed by atoms with Crippen LogP contribution in [0.3, 0.4) is 0 Å². The van der Waals surface area contributed by atoms with Gasteiger partial charge in [0.1, 0.15) is 11.6 Å². The summed E-state index contributed by atoms with van der Waals surface area (Å²) in [5, 5.41) is 3.20. The van der Waals surface area contributed by atoms with Gasteiger partial charge in [-0.25, -0.2) is 8.78 Å². The summed E-state index contributed by atoms with van der Waals surface area (Å²) >= 11 is 5.81. The fraction of sp³-hybridized carbons (Fsp3) is 0.467. The van der Waals surface area contributed by atoms with Gasteiger partial charge in [-0.1, -0.05) is 17.2 Å². The van der Waals surface area contributed by atoms with Crippen LogP contribution in [-0.2, 0) is 0 Å². The molecule has 0 aliphatic carbocycles. The van der Waals surface area contributed by atoms with E-state index in [-0.39, 0.29) is 41.4 Å². The van der Waals surface area contributed by atoms with Crippen molar-refractivity contribution in [1.29, 1.82) is 0 Å². The second kappa shape index (κ2) is 9.68. The fourth-order valence-electron chi connectivity index (χ4n) is 2.59. The van der Waals surface area contributed by atoms with Crippen LogP contribution in [0.25, 0.3) is 0 Å². The van der Waals surface area contributed by atoms with Gasteiger partial charge in [0.05, 0.1) is 5.02 Å². The minimum atomic E-state index is -0.656. The molecule has 1 fully saturated rings. The molecule has 22 heavy (non-hydrogen) atoms. The van der Waals surface area contributed by atoms with Crippen LogP contribution in [-0.4, -0.2) is 31.1 Å². The van der Waals surface area contributed by atoms with Crippen molar-refractivity contribution in [2.24, 2.45) is 0 Å². The van der Waals surface area contributed by atoms with E-state index in [9.17, 15) is 8.78 Å². The lowest BCUT2D eigenvalue weighted by Crippen LogP contribution is -2.45. The van der Waals surface area contributed by atoms with Crippen LogP contribution in [0.2, 0.25) is 5.02 Å². The molecule has 0 unspecified atom stereocenters. The lowest BCUT2D eigenvalue weighted by molar-refractivity contribution is 0.166. The van der Waals surface area contributed by atoms with E-state index in [2.05, 4.69) is 16.8 Å². The number of nitrogens with one attached hydrogen (secondary N) is 1. The minimum absolute atomic E-state index is 0. The van der Waals surface area contributed by atoms with E-state index in [1.54, 1.807) is 0 Å². The summed E-state index contributed by atoms with van der Waals surface area (Å²) in [5.74, 6) is -1.20. The Hall–Kier alpha value is -0.390. The molecule has 1 aromatic carbocycles. The van der Waals surface area contributed by atoms with Crippen molar-refractivity contribution in [2.75, 3.05) is 26.2 Å². The predicted molar refractivity (Wildman–Crippen MR) is 92.5 cm³/mol. The number of hydrogen-bond donors (Lipinski definition) is 1. The van der Waals surface area contributed by atoms with E-state index in [0.29, 0.717) is 6.42 Å². The summed E-state index contributed by atoms with van der Waals surface area (Å²) in [6.07, 6.45) is 0.522. The number of benzene rings is 1. The Morgan fingerprint density at radius 3 is 2.45 bits per heavy atom. The van der Waals surface area contributed by atoms with Gasteiger partial charge < -0.3 is 5.32 Å². The van der Waals surface area contributed by atoms with E-state index in [1.165, 1.54) is 12.1 Å².